The van der Waals surface area contributed by atoms with Crippen molar-refractivity contribution in [3.63, 3.8) is 0 Å². The maximum absolute atomic E-state index is 13.9. The van der Waals surface area contributed by atoms with Gasteiger partial charge in [-0.25, -0.2) is 0 Å². The molecular weight excluding hydrogens is 577 g/mol. The summed E-state index contributed by atoms with van der Waals surface area (Å²) in [7, 11) is 0. The summed E-state index contributed by atoms with van der Waals surface area (Å²) in [6.07, 6.45) is -12.4. The van der Waals surface area contributed by atoms with Crippen molar-refractivity contribution < 1.29 is 89.6 Å². The fourth-order valence-electron chi connectivity index (χ4n) is 2.49. The number of nitrogens with one attached hydrogen (secondary N) is 1. The summed E-state index contributed by atoms with van der Waals surface area (Å²) in [5, 5.41) is 19.4. The summed E-state index contributed by atoms with van der Waals surface area (Å²) >= 11 is 0. The molecule has 2 atom stereocenters. The second kappa shape index (κ2) is 10.4. The van der Waals surface area contributed by atoms with Crippen LogP contribution in [0.25, 0.3) is 0 Å². The van der Waals surface area contributed by atoms with Crippen molar-refractivity contribution in [2.75, 3.05) is 6.54 Å². The van der Waals surface area contributed by atoms with Gasteiger partial charge < -0.3 is 15.5 Å². The first-order valence-corrected chi connectivity index (χ1v) is 9.39. The standard InChI is InChI=1S/C16H16F17NO3/c1-2-3-4-6(8(36)37)34-5-7(35)9(17,18)10(19,20)11(21,22)12(23,24)13(25,26)14(27,28)15(29,30)16(31,32)33/h6-7,34-35H,2-5H2,1H3,(H,36,37)/t6-,7-/m0/s1. The number of hydrogen-bond donors (Lipinski definition) is 3. The van der Waals surface area contributed by atoms with Crippen LogP contribution in [0.3, 0.4) is 0 Å². The normalized spacial score (nSPS) is 17.1. The van der Waals surface area contributed by atoms with E-state index in [0.29, 0.717) is 0 Å². The third-order valence-electron chi connectivity index (χ3n) is 4.87. The second-order valence-electron chi connectivity index (χ2n) is 7.52. The predicted octanol–water partition coefficient (Wildman–Crippen LogP) is 5.59. The van der Waals surface area contributed by atoms with Crippen LogP contribution in [0.2, 0.25) is 0 Å². The molecule has 0 saturated heterocycles. The van der Waals surface area contributed by atoms with E-state index >= 15 is 0 Å². The zero-order valence-electron chi connectivity index (χ0n) is 17.7. The predicted molar refractivity (Wildman–Crippen MR) is 85.6 cm³/mol. The van der Waals surface area contributed by atoms with E-state index in [0.717, 1.165) is 0 Å². The van der Waals surface area contributed by atoms with Gasteiger partial charge in [0.2, 0.25) is 0 Å². The summed E-state index contributed by atoms with van der Waals surface area (Å²) in [5.74, 6) is -59.9. The highest BCUT2D eigenvalue weighted by molar-refractivity contribution is 5.73. The topological polar surface area (TPSA) is 69.6 Å². The van der Waals surface area contributed by atoms with Gasteiger partial charge in [0, 0.05) is 6.54 Å². The van der Waals surface area contributed by atoms with Crippen molar-refractivity contribution in [1.82, 2.24) is 5.32 Å². The SMILES string of the molecule is CCCC[C@H](NC[C@H](O)C(F)(F)C(F)(F)C(F)(F)C(F)(F)C(F)(F)C(F)(F)C(F)(F)C(F)(F)F)C(=O)O. The number of aliphatic carboxylic acids is 1. The Morgan fingerprint density at radius 1 is 0.676 bits per heavy atom. The molecule has 0 rings (SSSR count). The first-order valence-electron chi connectivity index (χ1n) is 9.39. The number of rotatable bonds is 14. The number of halogens is 17. The average Bonchev–Trinajstić information content (AvgIpc) is 2.71. The van der Waals surface area contributed by atoms with Gasteiger partial charge >= 0.3 is 53.6 Å². The van der Waals surface area contributed by atoms with Gasteiger partial charge in [-0.15, -0.1) is 0 Å². The van der Waals surface area contributed by atoms with Crippen LogP contribution in [0.4, 0.5) is 74.6 Å². The number of unbranched alkanes of at least 4 members (excludes halogenated alkanes) is 1. The Kier molecular flexibility index (Phi) is 9.90. The van der Waals surface area contributed by atoms with E-state index in [9.17, 15) is 79.4 Å². The number of aliphatic hydroxyl groups excluding tert-OH is 1. The number of aliphatic hydroxyl groups is 1. The fourth-order valence-corrected chi connectivity index (χ4v) is 2.49. The summed E-state index contributed by atoms with van der Waals surface area (Å²) < 4.78 is 224. The zero-order chi connectivity index (χ0) is 30.3. The van der Waals surface area contributed by atoms with Crippen molar-refractivity contribution in [3.8, 4) is 0 Å². The smallest absolute Gasteiger partial charge is 0.460 e. The van der Waals surface area contributed by atoms with Crippen LogP contribution in [0.1, 0.15) is 26.2 Å². The first kappa shape index (κ1) is 35.2. The molecule has 0 aromatic heterocycles. The Bertz CT molecular complexity index is 796. The minimum absolute atomic E-state index is 0.00274. The summed E-state index contributed by atoms with van der Waals surface area (Å²) in [4.78, 5) is 10.9. The molecule has 0 radical (unpaired) electrons. The molecule has 0 amide bonds. The highest BCUT2D eigenvalue weighted by Crippen LogP contribution is 2.64. The third kappa shape index (κ3) is 5.51. The van der Waals surface area contributed by atoms with Crippen molar-refractivity contribution in [2.45, 2.75) is 86.0 Å². The number of carbonyl (C=O) groups is 1. The van der Waals surface area contributed by atoms with Crippen LogP contribution in [0.15, 0.2) is 0 Å². The van der Waals surface area contributed by atoms with Gasteiger partial charge in [-0.1, -0.05) is 19.8 Å². The molecule has 0 bridgehead atoms. The average molecular weight is 593 g/mol. The Hall–Kier alpha value is -1.80. The first-order chi connectivity index (χ1) is 16.0. The molecule has 0 aromatic carbocycles. The van der Waals surface area contributed by atoms with Crippen LogP contribution >= 0.6 is 0 Å². The van der Waals surface area contributed by atoms with Gasteiger partial charge in [0.05, 0.1) is 0 Å². The van der Waals surface area contributed by atoms with Crippen LogP contribution < -0.4 is 5.32 Å². The molecule has 0 aliphatic carbocycles. The highest BCUT2D eigenvalue weighted by atomic mass is 19.4. The van der Waals surface area contributed by atoms with Crippen LogP contribution in [-0.2, 0) is 4.79 Å². The van der Waals surface area contributed by atoms with E-state index in [1.807, 2.05) is 0 Å². The Labute approximate surface area is 194 Å². The molecule has 0 spiro atoms. The van der Waals surface area contributed by atoms with E-state index in [1.54, 1.807) is 0 Å². The van der Waals surface area contributed by atoms with Gasteiger partial charge in [-0.2, -0.15) is 74.6 Å². The van der Waals surface area contributed by atoms with Gasteiger partial charge in [0.15, 0.2) is 0 Å². The monoisotopic (exact) mass is 593 g/mol. The lowest BCUT2D eigenvalue weighted by Gasteiger charge is -2.43. The molecule has 0 unspecified atom stereocenters. The lowest BCUT2D eigenvalue weighted by molar-refractivity contribution is -0.464. The van der Waals surface area contributed by atoms with E-state index in [-0.39, 0.29) is 12.8 Å². The number of hydrogen-bond acceptors (Lipinski definition) is 3. The molecule has 37 heavy (non-hydrogen) atoms. The molecule has 0 aliphatic rings. The van der Waals surface area contributed by atoms with Crippen molar-refractivity contribution in [2.24, 2.45) is 0 Å². The van der Waals surface area contributed by atoms with Gasteiger partial charge in [-0.05, 0) is 6.42 Å². The van der Waals surface area contributed by atoms with Gasteiger partial charge in [-0.3, -0.25) is 4.79 Å². The Morgan fingerprint density at radius 2 is 1.03 bits per heavy atom. The molecule has 0 heterocycles. The van der Waals surface area contributed by atoms with Crippen LogP contribution in [0, 0.1) is 0 Å². The van der Waals surface area contributed by atoms with E-state index in [2.05, 4.69) is 0 Å². The van der Waals surface area contributed by atoms with E-state index in [1.165, 1.54) is 12.2 Å². The molecule has 0 saturated carbocycles. The minimum Gasteiger partial charge on any atom is -0.480 e. The molecule has 21 heteroatoms. The second-order valence-corrected chi connectivity index (χ2v) is 7.52. The molecule has 222 valence electrons. The molecular formula is C16H16F17NO3. The molecule has 0 aliphatic heterocycles. The van der Waals surface area contributed by atoms with Crippen LogP contribution in [-0.4, -0.2) is 82.5 Å². The number of alkyl halides is 17. The number of carboxylic acids is 1. The molecule has 0 aromatic rings. The largest absolute Gasteiger partial charge is 0.480 e. The quantitative estimate of drug-likeness (QED) is 0.230. The molecule has 3 N–H and O–H groups in total. The van der Waals surface area contributed by atoms with Gasteiger partial charge in [0.25, 0.3) is 0 Å². The summed E-state index contributed by atoms with van der Waals surface area (Å²) in [5.41, 5.74) is 0. The fraction of sp³-hybridized carbons (Fsp3) is 0.938. The highest BCUT2D eigenvalue weighted by Gasteiger charge is 2.95. The lowest BCUT2D eigenvalue weighted by atomic mass is 9.87. The van der Waals surface area contributed by atoms with Crippen molar-refractivity contribution >= 4 is 5.97 Å². The Balaban J connectivity index is 6.42. The van der Waals surface area contributed by atoms with Crippen molar-refractivity contribution in [3.05, 3.63) is 0 Å². The van der Waals surface area contributed by atoms with Crippen molar-refractivity contribution in [1.29, 1.82) is 0 Å². The maximum Gasteiger partial charge on any atom is 0.460 e. The molecule has 4 nitrogen and oxygen atoms in total. The van der Waals surface area contributed by atoms with E-state index in [4.69, 9.17) is 10.2 Å². The maximum atomic E-state index is 13.9. The van der Waals surface area contributed by atoms with E-state index < -0.39 is 78.7 Å². The zero-order valence-corrected chi connectivity index (χ0v) is 17.7. The number of carboxylic acid groups (broad SMARTS) is 1. The van der Waals surface area contributed by atoms with Gasteiger partial charge in [0.1, 0.15) is 12.1 Å². The summed E-state index contributed by atoms with van der Waals surface area (Å²) in [6, 6.07) is -1.95. The lowest BCUT2D eigenvalue weighted by Crippen LogP contribution is -2.75. The van der Waals surface area contributed by atoms with Crippen LogP contribution in [0.5, 0.6) is 0 Å². The summed E-state index contributed by atoms with van der Waals surface area (Å²) in [6.45, 7) is -0.682. The minimum atomic E-state index is -8.76. The molecule has 0 fully saturated rings. The third-order valence-corrected chi connectivity index (χ3v) is 4.87. The Morgan fingerprint density at radius 3 is 1.35 bits per heavy atom.